The quantitative estimate of drug-likeness (QED) is 0.852. The molecule has 1 heterocycles. The van der Waals surface area contributed by atoms with Gasteiger partial charge in [0.25, 0.3) is 0 Å². The molecule has 2 N–H and O–H groups in total. The molecule has 19 heavy (non-hydrogen) atoms. The molecule has 3 heteroatoms. The number of hydrogen-bond donors (Lipinski definition) is 2. The molecule has 0 amide bonds. The van der Waals surface area contributed by atoms with Crippen LogP contribution in [-0.4, -0.2) is 43.7 Å². The molecule has 1 saturated heterocycles. The first-order valence-corrected chi connectivity index (χ1v) is 7.31. The van der Waals surface area contributed by atoms with E-state index in [4.69, 9.17) is 0 Å². The van der Waals surface area contributed by atoms with E-state index in [-0.39, 0.29) is 0 Å². The second-order valence-electron chi connectivity index (χ2n) is 5.93. The largest absolute Gasteiger partial charge is 0.508 e. The fourth-order valence-electron chi connectivity index (χ4n) is 2.72. The Labute approximate surface area is 116 Å². The van der Waals surface area contributed by atoms with Crippen molar-refractivity contribution in [2.24, 2.45) is 5.92 Å². The van der Waals surface area contributed by atoms with Crippen molar-refractivity contribution in [2.45, 2.75) is 25.7 Å². The van der Waals surface area contributed by atoms with Crippen LogP contribution in [0.25, 0.3) is 0 Å². The van der Waals surface area contributed by atoms with E-state index in [1.165, 1.54) is 18.4 Å². The Morgan fingerprint density at radius 1 is 1.37 bits per heavy atom. The molecule has 0 aromatic heterocycles. The van der Waals surface area contributed by atoms with E-state index in [1.807, 2.05) is 12.1 Å². The molecular formula is C16H26N2O. The number of phenolic OH excluding ortho intramolecular Hbond substituents is 1. The maximum absolute atomic E-state index is 10.0. The lowest BCUT2D eigenvalue weighted by Gasteiger charge is -2.23. The predicted molar refractivity (Wildman–Crippen MR) is 79.7 cm³/mol. The van der Waals surface area contributed by atoms with E-state index in [0.717, 1.165) is 38.0 Å². The maximum atomic E-state index is 10.0. The SMILES string of the molecule is CN(C)CCc1ccc(O)c(CC2CCCNC2)c1. The van der Waals surface area contributed by atoms with Crippen molar-refractivity contribution in [1.82, 2.24) is 10.2 Å². The average Bonchev–Trinajstić information content (AvgIpc) is 2.41. The van der Waals surface area contributed by atoms with Gasteiger partial charge in [0.15, 0.2) is 0 Å². The van der Waals surface area contributed by atoms with Gasteiger partial charge in [-0.15, -0.1) is 0 Å². The third-order valence-corrected chi connectivity index (χ3v) is 3.90. The summed E-state index contributed by atoms with van der Waals surface area (Å²) in [7, 11) is 4.18. The molecule has 0 radical (unpaired) electrons. The number of phenols is 1. The molecular weight excluding hydrogens is 236 g/mol. The highest BCUT2D eigenvalue weighted by Gasteiger charge is 2.15. The lowest BCUT2D eigenvalue weighted by molar-refractivity contribution is 0.369. The summed E-state index contributed by atoms with van der Waals surface area (Å²) in [5.41, 5.74) is 2.44. The van der Waals surface area contributed by atoms with Gasteiger partial charge in [0.2, 0.25) is 0 Å². The number of hydrogen-bond acceptors (Lipinski definition) is 3. The van der Waals surface area contributed by atoms with Crippen molar-refractivity contribution in [1.29, 1.82) is 0 Å². The summed E-state index contributed by atoms with van der Waals surface area (Å²) in [5.74, 6) is 1.13. The summed E-state index contributed by atoms with van der Waals surface area (Å²) in [4.78, 5) is 2.19. The molecule has 0 aliphatic carbocycles. The Morgan fingerprint density at radius 3 is 2.89 bits per heavy atom. The number of nitrogens with one attached hydrogen (secondary N) is 1. The second-order valence-corrected chi connectivity index (χ2v) is 5.93. The van der Waals surface area contributed by atoms with Crippen molar-refractivity contribution >= 4 is 0 Å². The van der Waals surface area contributed by atoms with Gasteiger partial charge in [0.1, 0.15) is 5.75 Å². The number of likely N-dealkylation sites (N-methyl/N-ethyl adjacent to an activating group) is 1. The maximum Gasteiger partial charge on any atom is 0.118 e. The monoisotopic (exact) mass is 262 g/mol. The molecule has 1 aliphatic rings. The molecule has 0 bridgehead atoms. The molecule has 1 aromatic rings. The predicted octanol–water partition coefficient (Wildman–Crippen LogP) is 2.04. The van der Waals surface area contributed by atoms with E-state index >= 15 is 0 Å². The smallest absolute Gasteiger partial charge is 0.118 e. The van der Waals surface area contributed by atoms with Crippen molar-refractivity contribution in [2.75, 3.05) is 33.7 Å². The van der Waals surface area contributed by atoms with Gasteiger partial charge in [-0.2, -0.15) is 0 Å². The van der Waals surface area contributed by atoms with Crippen molar-refractivity contribution in [3.8, 4) is 5.75 Å². The number of rotatable bonds is 5. The Bertz CT molecular complexity index is 398. The van der Waals surface area contributed by atoms with Gasteiger partial charge in [0, 0.05) is 6.54 Å². The molecule has 1 fully saturated rings. The van der Waals surface area contributed by atoms with Crippen LogP contribution in [0.3, 0.4) is 0 Å². The van der Waals surface area contributed by atoms with E-state index in [9.17, 15) is 5.11 Å². The van der Waals surface area contributed by atoms with E-state index in [2.05, 4.69) is 30.4 Å². The highest BCUT2D eigenvalue weighted by molar-refractivity contribution is 5.36. The minimum Gasteiger partial charge on any atom is -0.508 e. The molecule has 1 atom stereocenters. The van der Waals surface area contributed by atoms with Gasteiger partial charge in [-0.3, -0.25) is 0 Å². The van der Waals surface area contributed by atoms with Crippen LogP contribution in [0.15, 0.2) is 18.2 Å². The van der Waals surface area contributed by atoms with Gasteiger partial charge in [-0.05, 0) is 76.0 Å². The third kappa shape index (κ3) is 4.51. The van der Waals surface area contributed by atoms with Crippen LogP contribution in [-0.2, 0) is 12.8 Å². The lowest BCUT2D eigenvalue weighted by Crippen LogP contribution is -2.30. The first-order valence-electron chi connectivity index (χ1n) is 7.31. The van der Waals surface area contributed by atoms with Crippen LogP contribution in [0.2, 0.25) is 0 Å². The number of nitrogens with zero attached hydrogens (tertiary/aromatic N) is 1. The summed E-state index contributed by atoms with van der Waals surface area (Å²) < 4.78 is 0. The normalized spacial score (nSPS) is 19.8. The Kier molecular flexibility index (Phi) is 5.23. The van der Waals surface area contributed by atoms with Crippen molar-refractivity contribution < 1.29 is 5.11 Å². The Hall–Kier alpha value is -1.06. The molecule has 106 valence electrons. The number of aromatic hydroxyl groups is 1. The molecule has 1 unspecified atom stereocenters. The summed E-state index contributed by atoms with van der Waals surface area (Å²) in [6, 6.07) is 6.09. The number of benzene rings is 1. The van der Waals surface area contributed by atoms with E-state index < -0.39 is 0 Å². The lowest BCUT2D eigenvalue weighted by atomic mass is 9.91. The summed E-state index contributed by atoms with van der Waals surface area (Å²) in [6.45, 7) is 3.28. The van der Waals surface area contributed by atoms with Crippen LogP contribution >= 0.6 is 0 Å². The summed E-state index contributed by atoms with van der Waals surface area (Å²) >= 11 is 0. The fraction of sp³-hybridized carbons (Fsp3) is 0.625. The van der Waals surface area contributed by atoms with Crippen LogP contribution in [0.1, 0.15) is 24.0 Å². The van der Waals surface area contributed by atoms with Crippen LogP contribution in [0.4, 0.5) is 0 Å². The summed E-state index contributed by atoms with van der Waals surface area (Å²) in [6.07, 6.45) is 4.57. The standard InChI is InChI=1S/C16H26N2O/c1-18(2)9-7-13-5-6-16(19)15(10-13)11-14-4-3-8-17-12-14/h5-6,10,14,17,19H,3-4,7-9,11-12H2,1-2H3. The summed E-state index contributed by atoms with van der Waals surface area (Å²) in [5, 5.41) is 13.5. The second kappa shape index (κ2) is 6.92. The third-order valence-electron chi connectivity index (χ3n) is 3.90. The highest BCUT2D eigenvalue weighted by Crippen LogP contribution is 2.24. The zero-order valence-electron chi connectivity index (χ0n) is 12.2. The molecule has 0 saturated carbocycles. The first-order chi connectivity index (χ1) is 9.15. The van der Waals surface area contributed by atoms with Crippen molar-refractivity contribution in [3.63, 3.8) is 0 Å². The molecule has 0 spiro atoms. The minimum atomic E-state index is 0.458. The van der Waals surface area contributed by atoms with Gasteiger partial charge >= 0.3 is 0 Å². The van der Waals surface area contributed by atoms with Crippen LogP contribution in [0.5, 0.6) is 5.75 Å². The zero-order valence-corrected chi connectivity index (χ0v) is 12.2. The first kappa shape index (κ1) is 14.4. The van der Waals surface area contributed by atoms with Gasteiger partial charge in [-0.25, -0.2) is 0 Å². The Balaban J connectivity index is 1.99. The molecule has 1 aliphatic heterocycles. The average molecular weight is 262 g/mol. The van der Waals surface area contributed by atoms with E-state index in [1.54, 1.807) is 0 Å². The highest BCUT2D eigenvalue weighted by atomic mass is 16.3. The topological polar surface area (TPSA) is 35.5 Å². The van der Waals surface area contributed by atoms with Gasteiger partial charge in [-0.1, -0.05) is 12.1 Å². The van der Waals surface area contributed by atoms with Crippen LogP contribution in [0, 0.1) is 5.92 Å². The van der Waals surface area contributed by atoms with Gasteiger partial charge in [0.05, 0.1) is 0 Å². The van der Waals surface area contributed by atoms with Gasteiger partial charge < -0.3 is 15.3 Å². The van der Waals surface area contributed by atoms with E-state index in [0.29, 0.717) is 11.7 Å². The molecule has 2 rings (SSSR count). The van der Waals surface area contributed by atoms with Crippen molar-refractivity contribution in [3.05, 3.63) is 29.3 Å². The van der Waals surface area contributed by atoms with Crippen LogP contribution < -0.4 is 5.32 Å². The fourth-order valence-corrected chi connectivity index (χ4v) is 2.72. The molecule has 1 aromatic carbocycles. The minimum absolute atomic E-state index is 0.458. The zero-order chi connectivity index (χ0) is 13.7. The Morgan fingerprint density at radius 2 is 2.21 bits per heavy atom. The number of piperidine rings is 1. The molecule has 3 nitrogen and oxygen atoms in total.